The largest absolute Gasteiger partial charge is 0.352 e. The molecule has 0 amide bonds. The van der Waals surface area contributed by atoms with Gasteiger partial charge in [0.15, 0.2) is 11.0 Å². The second kappa shape index (κ2) is 7.15. The van der Waals surface area contributed by atoms with E-state index in [1.165, 1.54) is 11.8 Å². The van der Waals surface area contributed by atoms with Crippen LogP contribution in [0.5, 0.6) is 0 Å². The molecule has 0 spiro atoms. The van der Waals surface area contributed by atoms with Gasteiger partial charge in [0, 0.05) is 36.9 Å². The Kier molecular flexibility index (Phi) is 4.69. The molecule has 2 aromatic heterocycles. The molecule has 1 saturated heterocycles. The van der Waals surface area contributed by atoms with Crippen LogP contribution in [0.2, 0.25) is 10.4 Å². The topological polar surface area (TPSA) is 45.2 Å². The molecule has 5 rings (SSSR count). The molecule has 0 saturated carbocycles. The molecule has 8 heteroatoms. The number of rotatable bonds is 3. The van der Waals surface area contributed by atoms with E-state index in [0.717, 1.165) is 0 Å². The average Bonchev–Trinajstić information content (AvgIpc) is 3.02. The zero-order valence-corrected chi connectivity index (χ0v) is 18.1. The highest BCUT2D eigenvalue weighted by Crippen LogP contribution is 2.40. The van der Waals surface area contributed by atoms with E-state index in [9.17, 15) is 4.39 Å². The Morgan fingerprint density at radius 2 is 1.70 bits per heavy atom. The Morgan fingerprint density at radius 1 is 1.03 bits per heavy atom. The van der Waals surface area contributed by atoms with E-state index < -0.39 is 5.82 Å². The van der Waals surface area contributed by atoms with E-state index in [1.54, 1.807) is 0 Å². The summed E-state index contributed by atoms with van der Waals surface area (Å²) < 4.78 is 14.5. The number of hydrogen-bond acceptors (Lipinski definition) is 5. The molecule has 0 aliphatic carbocycles. The van der Waals surface area contributed by atoms with Crippen LogP contribution in [0.3, 0.4) is 0 Å². The Labute approximate surface area is 184 Å². The first-order chi connectivity index (χ1) is 14.4. The van der Waals surface area contributed by atoms with Crippen molar-refractivity contribution in [2.45, 2.75) is 31.5 Å². The van der Waals surface area contributed by atoms with Gasteiger partial charge in [0.2, 0.25) is 5.28 Å². The maximum absolute atomic E-state index is 14.5. The van der Waals surface area contributed by atoms with Gasteiger partial charge in [-0.3, -0.25) is 4.90 Å². The number of hydrogen-bond donors (Lipinski definition) is 0. The van der Waals surface area contributed by atoms with Gasteiger partial charge in [-0.25, -0.2) is 14.4 Å². The van der Waals surface area contributed by atoms with Crippen molar-refractivity contribution in [3.05, 3.63) is 70.5 Å². The fourth-order valence-corrected chi connectivity index (χ4v) is 5.05. The van der Waals surface area contributed by atoms with Gasteiger partial charge in [-0.15, -0.1) is 0 Å². The lowest BCUT2D eigenvalue weighted by Gasteiger charge is -2.50. The Morgan fingerprint density at radius 3 is 2.37 bits per heavy atom. The lowest BCUT2D eigenvalue weighted by molar-refractivity contribution is 0.0591. The monoisotopic (exact) mass is 443 g/mol. The lowest BCUT2D eigenvalue weighted by Crippen LogP contribution is -2.60. The van der Waals surface area contributed by atoms with Crippen molar-refractivity contribution in [2.75, 3.05) is 18.0 Å². The minimum absolute atomic E-state index is 0.00832. The standard InChI is InChI=1S/C22H20Cl2FN5/c1-22(2,13-6-4-3-5-7-13)30-14-8-9-15(30)12-29(11-14)20-16-10-26-19(23)17(25)18(16)27-21(24)28-20/h3-10,14-15H,11-12H2,1-2H3/t14-,15+. The van der Waals surface area contributed by atoms with Crippen LogP contribution < -0.4 is 4.90 Å². The summed E-state index contributed by atoms with van der Waals surface area (Å²) in [6.07, 6.45) is 6.01. The third-order valence-electron chi connectivity index (χ3n) is 6.10. The highest BCUT2D eigenvalue weighted by atomic mass is 35.5. The molecule has 2 atom stereocenters. The van der Waals surface area contributed by atoms with Crippen LogP contribution in [-0.2, 0) is 5.54 Å². The van der Waals surface area contributed by atoms with Crippen LogP contribution in [0.1, 0.15) is 19.4 Å². The van der Waals surface area contributed by atoms with E-state index in [1.807, 2.05) is 6.07 Å². The van der Waals surface area contributed by atoms with Crippen molar-refractivity contribution < 1.29 is 4.39 Å². The molecule has 4 heterocycles. The van der Waals surface area contributed by atoms with E-state index in [4.69, 9.17) is 23.2 Å². The van der Waals surface area contributed by atoms with Crippen molar-refractivity contribution in [3.8, 4) is 0 Å². The van der Waals surface area contributed by atoms with Gasteiger partial charge in [0.05, 0.1) is 5.39 Å². The second-order valence-corrected chi connectivity index (χ2v) is 8.89. The maximum Gasteiger partial charge on any atom is 0.225 e. The summed E-state index contributed by atoms with van der Waals surface area (Å²) >= 11 is 12.0. The Hall–Kier alpha value is -2.28. The summed E-state index contributed by atoms with van der Waals surface area (Å²) in [4.78, 5) is 17.1. The van der Waals surface area contributed by atoms with E-state index in [2.05, 4.69) is 75.0 Å². The van der Waals surface area contributed by atoms with Crippen molar-refractivity contribution in [3.63, 3.8) is 0 Å². The van der Waals surface area contributed by atoms with Crippen LogP contribution in [0.15, 0.2) is 48.7 Å². The number of aromatic nitrogens is 3. The predicted molar refractivity (Wildman–Crippen MR) is 118 cm³/mol. The summed E-state index contributed by atoms with van der Waals surface area (Å²) in [7, 11) is 0. The highest BCUT2D eigenvalue weighted by molar-refractivity contribution is 6.30. The van der Waals surface area contributed by atoms with Gasteiger partial charge < -0.3 is 4.90 Å². The molecule has 2 bridgehead atoms. The van der Waals surface area contributed by atoms with E-state index in [0.29, 0.717) is 24.3 Å². The number of halogens is 3. The maximum atomic E-state index is 14.5. The number of benzene rings is 1. The fourth-order valence-electron chi connectivity index (χ4n) is 4.74. The van der Waals surface area contributed by atoms with Crippen LogP contribution >= 0.6 is 23.2 Å². The predicted octanol–water partition coefficient (Wildman–Crippen LogP) is 4.84. The zero-order chi connectivity index (χ0) is 21.0. The summed E-state index contributed by atoms with van der Waals surface area (Å²) in [5.74, 6) is -0.0893. The molecule has 1 fully saturated rings. The van der Waals surface area contributed by atoms with Gasteiger partial charge in [0.1, 0.15) is 11.3 Å². The van der Waals surface area contributed by atoms with Gasteiger partial charge in [-0.1, -0.05) is 54.1 Å². The van der Waals surface area contributed by atoms with Crippen molar-refractivity contribution in [1.82, 2.24) is 19.9 Å². The van der Waals surface area contributed by atoms with Gasteiger partial charge in [-0.05, 0) is 31.0 Å². The SMILES string of the molecule is CC(C)(c1ccccc1)N1[C@@H]2C=C[C@H]1CN(c1nc(Cl)nc3c(F)c(Cl)ncc13)C2. The van der Waals surface area contributed by atoms with E-state index in [-0.39, 0.29) is 33.6 Å². The lowest BCUT2D eigenvalue weighted by atomic mass is 9.89. The highest BCUT2D eigenvalue weighted by Gasteiger charge is 2.45. The molecular weight excluding hydrogens is 424 g/mol. The first kappa shape index (κ1) is 19.7. The molecule has 3 aromatic rings. The van der Waals surface area contributed by atoms with Crippen LogP contribution in [0.4, 0.5) is 10.2 Å². The minimum Gasteiger partial charge on any atom is -0.352 e. The van der Waals surface area contributed by atoms with Crippen molar-refractivity contribution in [1.29, 1.82) is 0 Å². The molecule has 2 aliphatic rings. The number of anilines is 1. The average molecular weight is 444 g/mol. The molecule has 0 N–H and O–H groups in total. The van der Waals surface area contributed by atoms with Crippen molar-refractivity contribution in [2.24, 2.45) is 0 Å². The normalized spacial score (nSPS) is 21.6. The van der Waals surface area contributed by atoms with Crippen LogP contribution in [0.25, 0.3) is 10.9 Å². The molecule has 30 heavy (non-hydrogen) atoms. The molecule has 0 unspecified atom stereocenters. The summed E-state index contributed by atoms with van der Waals surface area (Å²) in [5.41, 5.74) is 1.23. The van der Waals surface area contributed by atoms with Crippen molar-refractivity contribution >= 4 is 39.9 Å². The summed E-state index contributed by atoms with van der Waals surface area (Å²) in [6.45, 7) is 5.92. The summed E-state index contributed by atoms with van der Waals surface area (Å²) in [6, 6.07) is 10.9. The Balaban J connectivity index is 1.51. The van der Waals surface area contributed by atoms with Gasteiger partial charge in [0.25, 0.3) is 0 Å². The van der Waals surface area contributed by atoms with Gasteiger partial charge >= 0.3 is 0 Å². The van der Waals surface area contributed by atoms with Crippen LogP contribution in [0, 0.1) is 5.82 Å². The third-order valence-corrected chi connectivity index (χ3v) is 6.54. The quantitative estimate of drug-likeness (QED) is 0.329. The summed E-state index contributed by atoms with van der Waals surface area (Å²) in [5, 5.41) is 0.280. The number of pyridine rings is 1. The first-order valence-electron chi connectivity index (χ1n) is 9.81. The van der Waals surface area contributed by atoms with Gasteiger partial charge in [-0.2, -0.15) is 4.98 Å². The molecule has 2 aliphatic heterocycles. The third kappa shape index (κ3) is 3.06. The second-order valence-electron chi connectivity index (χ2n) is 8.20. The zero-order valence-electron chi connectivity index (χ0n) is 16.6. The van der Waals surface area contributed by atoms with E-state index >= 15 is 0 Å². The number of piperazine rings is 1. The number of nitrogens with zero attached hydrogens (tertiary/aromatic N) is 5. The fraction of sp³-hybridized carbons (Fsp3) is 0.318. The smallest absolute Gasteiger partial charge is 0.225 e. The molecule has 5 nitrogen and oxygen atoms in total. The van der Waals surface area contributed by atoms with Crippen LogP contribution in [-0.4, -0.2) is 45.0 Å². The Bertz CT molecular complexity index is 1140. The number of fused-ring (bicyclic) bond motifs is 3. The first-order valence-corrected chi connectivity index (χ1v) is 10.6. The molecular formula is C22H20Cl2FN5. The minimum atomic E-state index is -0.676. The molecule has 1 aromatic carbocycles. The molecule has 0 radical (unpaired) electrons. The molecule has 154 valence electrons.